The normalized spacial score (nSPS) is 12.0. The Labute approximate surface area is 135 Å². The molecular weight excluding hydrogens is 276 g/mol. The molecule has 0 aliphatic rings. The van der Waals surface area contributed by atoms with E-state index in [0.717, 1.165) is 6.42 Å². The number of aromatic amines is 1. The van der Waals surface area contributed by atoms with E-state index in [2.05, 4.69) is 35.4 Å². The monoisotopic (exact) mass is 310 g/mol. The molecule has 0 aliphatic heterocycles. The van der Waals surface area contributed by atoms with Crippen LogP contribution in [0.15, 0.2) is 9.32 Å². The molecule has 4 nitrogen and oxygen atoms in total. The molecule has 0 saturated heterocycles. The third-order valence-corrected chi connectivity index (χ3v) is 4.49. The van der Waals surface area contributed by atoms with Crippen LogP contribution in [0.3, 0.4) is 0 Å². The van der Waals surface area contributed by atoms with Crippen LogP contribution in [0.1, 0.15) is 104 Å². The Morgan fingerprint density at radius 3 is 1.86 bits per heavy atom. The molecule has 1 N–H and O–H groups in total. The minimum Gasteiger partial charge on any atom is -0.296 e. The lowest BCUT2D eigenvalue weighted by atomic mass is 9.86. The molecule has 1 heterocycles. The lowest BCUT2D eigenvalue weighted by molar-refractivity contribution is 0.353. The predicted molar refractivity (Wildman–Crippen MR) is 91.2 cm³/mol. The first-order valence-corrected chi connectivity index (χ1v) is 9.13. The van der Waals surface area contributed by atoms with Crippen LogP contribution in [0.4, 0.5) is 0 Å². The van der Waals surface area contributed by atoms with Crippen molar-refractivity contribution in [1.29, 1.82) is 0 Å². The third kappa shape index (κ3) is 7.81. The average Bonchev–Trinajstić information content (AvgIpc) is 2.92. The van der Waals surface area contributed by atoms with Crippen LogP contribution >= 0.6 is 0 Å². The molecule has 0 atom stereocenters. The standard InChI is InChI=1S/C18H34N2O2/c1-4-5-6-7-8-9-10-11-12-13-14-15-18(2,3)16-19-17(21)22-20-16/h4-15H2,1-3H3,(H,19,20,21). The molecule has 0 saturated carbocycles. The van der Waals surface area contributed by atoms with Crippen LogP contribution in [0.5, 0.6) is 0 Å². The van der Waals surface area contributed by atoms with E-state index in [1.54, 1.807) is 0 Å². The first-order chi connectivity index (χ1) is 10.6. The largest absolute Gasteiger partial charge is 0.438 e. The molecule has 0 fully saturated rings. The number of hydrogen-bond donors (Lipinski definition) is 1. The van der Waals surface area contributed by atoms with E-state index in [9.17, 15) is 4.79 Å². The summed E-state index contributed by atoms with van der Waals surface area (Å²) in [6, 6.07) is 0. The zero-order chi connectivity index (χ0) is 16.3. The molecule has 1 rings (SSSR count). The summed E-state index contributed by atoms with van der Waals surface area (Å²) in [4.78, 5) is 13.7. The zero-order valence-electron chi connectivity index (χ0n) is 14.7. The molecule has 0 spiro atoms. The van der Waals surface area contributed by atoms with Crippen LogP contribution in [0, 0.1) is 0 Å². The number of H-pyrrole nitrogens is 1. The van der Waals surface area contributed by atoms with E-state index in [1.165, 1.54) is 70.6 Å². The first kappa shape index (κ1) is 19.0. The zero-order valence-corrected chi connectivity index (χ0v) is 14.7. The van der Waals surface area contributed by atoms with Gasteiger partial charge < -0.3 is 0 Å². The van der Waals surface area contributed by atoms with E-state index >= 15 is 0 Å². The van der Waals surface area contributed by atoms with Gasteiger partial charge in [0.1, 0.15) is 0 Å². The Balaban J connectivity index is 1.98. The fraction of sp³-hybridized carbons (Fsp3) is 0.889. The maximum absolute atomic E-state index is 11.0. The van der Waals surface area contributed by atoms with Gasteiger partial charge in [-0.05, 0) is 6.42 Å². The number of nitrogens with zero attached hydrogens (tertiary/aromatic N) is 1. The summed E-state index contributed by atoms with van der Waals surface area (Å²) in [5.74, 6) is 0.214. The molecule has 0 radical (unpaired) electrons. The van der Waals surface area contributed by atoms with Crippen LogP contribution < -0.4 is 5.76 Å². The van der Waals surface area contributed by atoms with Gasteiger partial charge >= 0.3 is 5.76 Å². The predicted octanol–water partition coefficient (Wildman–Crippen LogP) is 5.34. The quantitative estimate of drug-likeness (QED) is 0.500. The summed E-state index contributed by atoms with van der Waals surface area (Å²) >= 11 is 0. The Morgan fingerprint density at radius 2 is 1.41 bits per heavy atom. The Hall–Kier alpha value is -1.06. The highest BCUT2D eigenvalue weighted by Crippen LogP contribution is 2.26. The van der Waals surface area contributed by atoms with E-state index in [-0.39, 0.29) is 5.41 Å². The van der Waals surface area contributed by atoms with Gasteiger partial charge in [0.05, 0.1) is 0 Å². The minimum absolute atomic E-state index is 0.106. The van der Waals surface area contributed by atoms with Gasteiger partial charge in [0, 0.05) is 5.41 Å². The molecule has 128 valence electrons. The molecule has 4 heteroatoms. The van der Waals surface area contributed by atoms with Gasteiger partial charge in [0.15, 0.2) is 5.82 Å². The summed E-state index contributed by atoms with van der Waals surface area (Å²) in [7, 11) is 0. The van der Waals surface area contributed by atoms with Crippen molar-refractivity contribution in [3.05, 3.63) is 16.4 Å². The second kappa shape index (κ2) is 10.6. The minimum atomic E-state index is -0.456. The highest BCUT2D eigenvalue weighted by Gasteiger charge is 2.24. The van der Waals surface area contributed by atoms with Crippen LogP contribution in [-0.4, -0.2) is 10.1 Å². The Morgan fingerprint density at radius 1 is 0.909 bits per heavy atom. The molecule has 1 aromatic heterocycles. The Kier molecular flexibility index (Phi) is 9.17. The molecule has 0 amide bonds. The molecular formula is C18H34N2O2. The van der Waals surface area contributed by atoms with Crippen molar-refractivity contribution in [2.24, 2.45) is 0 Å². The van der Waals surface area contributed by atoms with Gasteiger partial charge in [-0.2, -0.15) is 0 Å². The summed E-state index contributed by atoms with van der Waals surface area (Å²) in [6.07, 6.45) is 15.9. The lowest BCUT2D eigenvalue weighted by Crippen LogP contribution is -2.20. The number of hydrogen-bond acceptors (Lipinski definition) is 3. The summed E-state index contributed by atoms with van der Waals surface area (Å²) in [6.45, 7) is 6.48. The van der Waals surface area contributed by atoms with Crippen molar-refractivity contribution < 1.29 is 4.52 Å². The van der Waals surface area contributed by atoms with Crippen LogP contribution in [0.25, 0.3) is 0 Å². The van der Waals surface area contributed by atoms with E-state index < -0.39 is 5.76 Å². The highest BCUT2D eigenvalue weighted by atomic mass is 16.5. The van der Waals surface area contributed by atoms with Gasteiger partial charge in [-0.1, -0.05) is 96.6 Å². The number of unbranched alkanes of at least 4 members (excludes halogenated alkanes) is 10. The van der Waals surface area contributed by atoms with Crippen LogP contribution in [-0.2, 0) is 5.41 Å². The fourth-order valence-electron chi connectivity index (χ4n) is 2.87. The van der Waals surface area contributed by atoms with Crippen molar-refractivity contribution in [2.75, 3.05) is 0 Å². The summed E-state index contributed by atoms with van der Waals surface area (Å²) in [5, 5.41) is 3.81. The first-order valence-electron chi connectivity index (χ1n) is 9.13. The number of nitrogens with one attached hydrogen (secondary N) is 1. The summed E-state index contributed by atoms with van der Waals surface area (Å²) in [5.41, 5.74) is -0.106. The van der Waals surface area contributed by atoms with E-state index in [0.29, 0.717) is 5.82 Å². The smallest absolute Gasteiger partial charge is 0.296 e. The molecule has 0 aliphatic carbocycles. The molecule has 0 bridgehead atoms. The van der Waals surface area contributed by atoms with E-state index in [1.807, 2.05) is 0 Å². The summed E-state index contributed by atoms with van der Waals surface area (Å²) < 4.78 is 4.60. The topological polar surface area (TPSA) is 58.9 Å². The van der Waals surface area contributed by atoms with Crippen LogP contribution in [0.2, 0.25) is 0 Å². The van der Waals surface area contributed by atoms with Crippen molar-refractivity contribution in [3.63, 3.8) is 0 Å². The van der Waals surface area contributed by atoms with Gasteiger partial charge in [-0.15, -0.1) is 0 Å². The maximum Gasteiger partial charge on any atom is 0.438 e. The van der Waals surface area contributed by atoms with Crippen molar-refractivity contribution in [1.82, 2.24) is 10.1 Å². The van der Waals surface area contributed by atoms with Gasteiger partial charge in [-0.3, -0.25) is 9.51 Å². The molecule has 1 aromatic rings. The van der Waals surface area contributed by atoms with Gasteiger partial charge in [0.25, 0.3) is 0 Å². The Bertz CT molecular complexity index is 434. The second-order valence-electron chi connectivity index (χ2n) is 7.11. The lowest BCUT2D eigenvalue weighted by Gasteiger charge is -2.20. The number of rotatable bonds is 13. The fourth-order valence-corrected chi connectivity index (χ4v) is 2.87. The molecule has 0 unspecified atom stereocenters. The third-order valence-electron chi connectivity index (χ3n) is 4.49. The average molecular weight is 310 g/mol. The SMILES string of the molecule is CCCCCCCCCCCCCC(C)(C)c1noc(=O)[nH]1. The molecule has 0 aromatic carbocycles. The molecule has 22 heavy (non-hydrogen) atoms. The maximum atomic E-state index is 11.0. The van der Waals surface area contributed by atoms with Crippen molar-refractivity contribution >= 4 is 0 Å². The highest BCUT2D eigenvalue weighted by molar-refractivity contribution is 4.99. The van der Waals surface area contributed by atoms with Gasteiger partial charge in [0.2, 0.25) is 0 Å². The van der Waals surface area contributed by atoms with Crippen molar-refractivity contribution in [3.8, 4) is 0 Å². The van der Waals surface area contributed by atoms with Crippen molar-refractivity contribution in [2.45, 2.75) is 103 Å². The number of aromatic nitrogens is 2. The van der Waals surface area contributed by atoms with E-state index in [4.69, 9.17) is 0 Å². The van der Waals surface area contributed by atoms with Gasteiger partial charge in [-0.25, -0.2) is 4.79 Å². The second-order valence-corrected chi connectivity index (χ2v) is 7.11.